The van der Waals surface area contributed by atoms with Gasteiger partial charge in [0.1, 0.15) is 5.78 Å². The third-order valence-electron chi connectivity index (χ3n) is 3.74. The largest absolute Gasteiger partial charge is 0.299 e. The summed E-state index contributed by atoms with van der Waals surface area (Å²) in [5, 5.41) is 0. The van der Waals surface area contributed by atoms with Crippen molar-refractivity contribution in [3.63, 3.8) is 0 Å². The molecule has 0 aliphatic carbocycles. The molecule has 104 valence electrons. The number of benzene rings is 2. The lowest BCUT2D eigenvalue weighted by atomic mass is 10.00. The second kappa shape index (κ2) is 7.04. The van der Waals surface area contributed by atoms with Crippen LogP contribution in [0.25, 0.3) is 0 Å². The van der Waals surface area contributed by atoms with Gasteiger partial charge >= 0.3 is 0 Å². The van der Waals surface area contributed by atoms with E-state index in [1.165, 1.54) is 16.7 Å². The molecule has 0 fully saturated rings. The molecule has 0 aliphatic rings. The molecule has 1 heteroatoms. The summed E-state index contributed by atoms with van der Waals surface area (Å²) in [7, 11) is 0. The van der Waals surface area contributed by atoms with Crippen molar-refractivity contribution < 1.29 is 4.79 Å². The summed E-state index contributed by atoms with van der Waals surface area (Å²) in [6.07, 6.45) is 3.16. The van der Waals surface area contributed by atoms with Gasteiger partial charge in [-0.05, 0) is 48.9 Å². The molecular formula is C19H22O. The van der Waals surface area contributed by atoms with Crippen LogP contribution in [0.2, 0.25) is 0 Å². The van der Waals surface area contributed by atoms with Crippen LogP contribution in [0.15, 0.2) is 48.5 Å². The molecule has 20 heavy (non-hydrogen) atoms. The van der Waals surface area contributed by atoms with E-state index >= 15 is 0 Å². The van der Waals surface area contributed by atoms with Crippen LogP contribution in [0.1, 0.15) is 35.1 Å². The van der Waals surface area contributed by atoms with Gasteiger partial charge in [0.15, 0.2) is 0 Å². The first-order valence-corrected chi connectivity index (χ1v) is 7.27. The first-order chi connectivity index (χ1) is 9.65. The van der Waals surface area contributed by atoms with Crippen molar-refractivity contribution in [1.29, 1.82) is 0 Å². The van der Waals surface area contributed by atoms with Crippen LogP contribution in [0.5, 0.6) is 0 Å². The lowest BCUT2D eigenvalue weighted by molar-refractivity contribution is -0.118. The van der Waals surface area contributed by atoms with Crippen molar-refractivity contribution in [3.05, 3.63) is 70.8 Å². The number of hydrogen-bond donors (Lipinski definition) is 0. The summed E-state index contributed by atoms with van der Waals surface area (Å²) in [4.78, 5) is 12.0. The molecule has 1 nitrogen and oxygen atoms in total. The summed E-state index contributed by atoms with van der Waals surface area (Å²) in [5.41, 5.74) is 4.99. The zero-order chi connectivity index (χ0) is 14.4. The van der Waals surface area contributed by atoms with Crippen molar-refractivity contribution in [2.24, 2.45) is 0 Å². The van der Waals surface area contributed by atoms with E-state index < -0.39 is 0 Å². The molecule has 2 aromatic carbocycles. The molecule has 2 rings (SSSR count). The monoisotopic (exact) mass is 266 g/mol. The van der Waals surface area contributed by atoms with Crippen molar-refractivity contribution in [2.45, 2.75) is 39.5 Å². The lowest BCUT2D eigenvalue weighted by Crippen LogP contribution is -2.03. The van der Waals surface area contributed by atoms with Crippen molar-refractivity contribution in [1.82, 2.24) is 0 Å². The Balaban J connectivity index is 1.79. The van der Waals surface area contributed by atoms with Gasteiger partial charge in [0.05, 0.1) is 0 Å². The number of carbonyl (C=O) groups is 1. The fourth-order valence-electron chi connectivity index (χ4n) is 2.36. The Morgan fingerprint density at radius 3 is 2.35 bits per heavy atom. The Hall–Kier alpha value is -1.89. The number of hydrogen-bond acceptors (Lipinski definition) is 1. The van der Waals surface area contributed by atoms with Gasteiger partial charge in [0.2, 0.25) is 0 Å². The minimum Gasteiger partial charge on any atom is -0.299 e. The molecule has 0 atom stereocenters. The second-order valence-electron chi connectivity index (χ2n) is 5.47. The van der Waals surface area contributed by atoms with Crippen LogP contribution in [-0.2, 0) is 17.6 Å². The quantitative estimate of drug-likeness (QED) is 0.755. The molecule has 0 aromatic heterocycles. The minimum absolute atomic E-state index is 0.337. The summed E-state index contributed by atoms with van der Waals surface area (Å²) in [6.45, 7) is 4.19. The lowest BCUT2D eigenvalue weighted by Gasteiger charge is -2.05. The molecule has 0 unspecified atom stereocenters. The van der Waals surface area contributed by atoms with Crippen LogP contribution >= 0.6 is 0 Å². The van der Waals surface area contributed by atoms with Gasteiger partial charge in [0, 0.05) is 12.8 Å². The van der Waals surface area contributed by atoms with E-state index in [4.69, 9.17) is 0 Å². The fourth-order valence-corrected chi connectivity index (χ4v) is 2.36. The van der Waals surface area contributed by atoms with E-state index in [0.29, 0.717) is 18.6 Å². The van der Waals surface area contributed by atoms with E-state index in [9.17, 15) is 4.79 Å². The maximum atomic E-state index is 12.0. The summed E-state index contributed by atoms with van der Waals surface area (Å²) in [6, 6.07) is 16.7. The summed E-state index contributed by atoms with van der Waals surface area (Å²) < 4.78 is 0. The average molecular weight is 266 g/mol. The van der Waals surface area contributed by atoms with Crippen LogP contribution in [-0.4, -0.2) is 5.78 Å². The Morgan fingerprint density at radius 1 is 0.900 bits per heavy atom. The predicted octanol–water partition coefficient (Wildman–Crippen LogP) is 4.44. The highest BCUT2D eigenvalue weighted by Gasteiger charge is 2.05. The van der Waals surface area contributed by atoms with Crippen LogP contribution in [0, 0.1) is 13.8 Å². The molecule has 0 heterocycles. The Labute approximate surface area is 121 Å². The molecule has 0 amide bonds. The first-order valence-electron chi connectivity index (χ1n) is 7.27. The minimum atomic E-state index is 0.337. The normalized spacial score (nSPS) is 10.5. The van der Waals surface area contributed by atoms with Crippen molar-refractivity contribution in [2.75, 3.05) is 0 Å². The third kappa shape index (κ3) is 4.34. The summed E-state index contributed by atoms with van der Waals surface area (Å²) >= 11 is 0. The van der Waals surface area contributed by atoms with E-state index in [1.807, 2.05) is 18.2 Å². The van der Waals surface area contributed by atoms with Gasteiger partial charge < -0.3 is 0 Å². The predicted molar refractivity (Wildman–Crippen MR) is 84.0 cm³/mol. The average Bonchev–Trinajstić information content (AvgIpc) is 2.44. The topological polar surface area (TPSA) is 17.1 Å². The highest BCUT2D eigenvalue weighted by atomic mass is 16.1. The molecule has 0 spiro atoms. The highest BCUT2D eigenvalue weighted by Crippen LogP contribution is 2.12. The van der Waals surface area contributed by atoms with Gasteiger partial charge in [0.25, 0.3) is 0 Å². The molecule has 2 aromatic rings. The standard InChI is InChI=1S/C19H22O/c1-15-11-12-18(13-16(15)2)14-19(20)10-6-9-17-7-4-3-5-8-17/h3-5,7-8,11-13H,6,9-10,14H2,1-2H3. The molecule has 0 saturated carbocycles. The van der Waals surface area contributed by atoms with Gasteiger partial charge in [-0.25, -0.2) is 0 Å². The SMILES string of the molecule is Cc1ccc(CC(=O)CCCc2ccccc2)cc1C. The van der Waals surface area contributed by atoms with Gasteiger partial charge in [-0.15, -0.1) is 0 Å². The molecule has 0 saturated heterocycles. The molecule has 0 bridgehead atoms. The number of ketones is 1. The Kier molecular flexibility index (Phi) is 5.11. The third-order valence-corrected chi connectivity index (χ3v) is 3.74. The number of carbonyl (C=O) groups excluding carboxylic acids is 1. The summed E-state index contributed by atoms with van der Waals surface area (Å²) in [5.74, 6) is 0.337. The van der Waals surface area contributed by atoms with E-state index in [0.717, 1.165) is 18.4 Å². The van der Waals surface area contributed by atoms with Crippen LogP contribution < -0.4 is 0 Å². The van der Waals surface area contributed by atoms with Gasteiger partial charge in [-0.2, -0.15) is 0 Å². The molecule has 0 aliphatic heterocycles. The number of rotatable bonds is 6. The van der Waals surface area contributed by atoms with Gasteiger partial charge in [-0.3, -0.25) is 4.79 Å². The molecule has 0 radical (unpaired) electrons. The smallest absolute Gasteiger partial charge is 0.137 e. The van der Waals surface area contributed by atoms with Crippen molar-refractivity contribution >= 4 is 5.78 Å². The first kappa shape index (κ1) is 14.5. The highest BCUT2D eigenvalue weighted by molar-refractivity contribution is 5.80. The van der Waals surface area contributed by atoms with Gasteiger partial charge in [-0.1, -0.05) is 48.5 Å². The number of aryl methyl sites for hydroxylation is 3. The van der Waals surface area contributed by atoms with E-state index in [2.05, 4.69) is 44.2 Å². The second-order valence-corrected chi connectivity index (χ2v) is 5.47. The number of Topliss-reactive ketones (excluding diaryl/α,β-unsaturated/α-hetero) is 1. The Bertz CT molecular complexity index is 570. The zero-order valence-electron chi connectivity index (χ0n) is 12.4. The van der Waals surface area contributed by atoms with Crippen molar-refractivity contribution in [3.8, 4) is 0 Å². The van der Waals surface area contributed by atoms with E-state index in [1.54, 1.807) is 0 Å². The molecular weight excluding hydrogens is 244 g/mol. The Morgan fingerprint density at radius 2 is 1.65 bits per heavy atom. The molecule has 0 N–H and O–H groups in total. The van der Waals surface area contributed by atoms with E-state index in [-0.39, 0.29) is 0 Å². The zero-order valence-corrected chi connectivity index (χ0v) is 12.4. The van der Waals surface area contributed by atoms with Crippen LogP contribution in [0.3, 0.4) is 0 Å². The maximum Gasteiger partial charge on any atom is 0.137 e. The maximum absolute atomic E-state index is 12.0. The van der Waals surface area contributed by atoms with Crippen LogP contribution in [0.4, 0.5) is 0 Å². The fraction of sp³-hybridized carbons (Fsp3) is 0.316.